The van der Waals surface area contributed by atoms with Crippen molar-refractivity contribution in [2.75, 3.05) is 18.5 Å². The molecule has 0 fully saturated rings. The summed E-state index contributed by atoms with van der Waals surface area (Å²) in [7, 11) is 0. The van der Waals surface area contributed by atoms with Gasteiger partial charge in [-0.15, -0.1) is 0 Å². The van der Waals surface area contributed by atoms with E-state index in [2.05, 4.69) is 15.8 Å². The molecule has 0 aromatic heterocycles. The second-order valence-corrected chi connectivity index (χ2v) is 5.78. The van der Waals surface area contributed by atoms with Gasteiger partial charge in [0, 0.05) is 6.21 Å². The van der Waals surface area contributed by atoms with E-state index in [0.29, 0.717) is 11.1 Å². The van der Waals surface area contributed by atoms with Crippen molar-refractivity contribution in [3.63, 3.8) is 0 Å². The second kappa shape index (κ2) is 9.20. The van der Waals surface area contributed by atoms with Gasteiger partial charge < -0.3 is 10.4 Å². The topological polar surface area (TPSA) is 83.0 Å². The standard InChI is InChI=1S/C19H21F2N3O3/c1-4-22-17-12(3)10-13(19(26)24-27-8-7-25)18(16(17)21)23-15-6-5-11(2)9-14(15)20/h4-6,9-10,23,25H,7-8H2,1-3H3,(H,24,26). The van der Waals surface area contributed by atoms with Crippen LogP contribution in [0.2, 0.25) is 0 Å². The zero-order valence-electron chi connectivity index (χ0n) is 15.3. The minimum Gasteiger partial charge on any atom is -0.394 e. The van der Waals surface area contributed by atoms with Crippen molar-refractivity contribution >= 4 is 29.2 Å². The fraction of sp³-hybridized carbons (Fsp3) is 0.263. The molecule has 0 aliphatic rings. The molecule has 0 aliphatic carbocycles. The molecule has 2 aromatic carbocycles. The number of aliphatic imine (C=N–C) groups is 1. The lowest BCUT2D eigenvalue weighted by atomic mass is 10.0. The molecule has 0 spiro atoms. The third-order valence-electron chi connectivity index (χ3n) is 3.68. The van der Waals surface area contributed by atoms with Crippen LogP contribution in [0.4, 0.5) is 25.8 Å². The molecule has 0 atom stereocenters. The Morgan fingerprint density at radius 3 is 2.67 bits per heavy atom. The number of benzene rings is 2. The lowest BCUT2D eigenvalue weighted by molar-refractivity contribution is 0.0168. The Balaban J connectivity index is 2.53. The number of carbonyl (C=O) groups is 1. The molecule has 0 unspecified atom stereocenters. The van der Waals surface area contributed by atoms with Crippen LogP contribution in [-0.4, -0.2) is 30.4 Å². The molecular weight excluding hydrogens is 356 g/mol. The van der Waals surface area contributed by atoms with E-state index in [1.165, 1.54) is 24.4 Å². The summed E-state index contributed by atoms with van der Waals surface area (Å²) in [6.45, 7) is 4.55. The molecule has 1 amide bonds. The number of rotatable bonds is 7. The van der Waals surface area contributed by atoms with Crippen LogP contribution in [0.15, 0.2) is 29.3 Å². The van der Waals surface area contributed by atoms with Gasteiger partial charge in [0.2, 0.25) is 0 Å². The smallest absolute Gasteiger partial charge is 0.277 e. The maximum absolute atomic E-state index is 15.1. The van der Waals surface area contributed by atoms with E-state index < -0.39 is 17.5 Å². The number of hydrogen-bond donors (Lipinski definition) is 3. The third kappa shape index (κ3) is 4.87. The lowest BCUT2D eigenvalue weighted by Crippen LogP contribution is -2.26. The fourth-order valence-corrected chi connectivity index (χ4v) is 2.43. The lowest BCUT2D eigenvalue weighted by Gasteiger charge is -2.16. The van der Waals surface area contributed by atoms with Crippen molar-refractivity contribution in [1.29, 1.82) is 0 Å². The Hall–Kier alpha value is -2.84. The Morgan fingerprint density at radius 1 is 1.30 bits per heavy atom. The zero-order chi connectivity index (χ0) is 20.0. The van der Waals surface area contributed by atoms with Crippen LogP contribution in [0, 0.1) is 25.5 Å². The molecule has 0 aliphatic heterocycles. The number of anilines is 2. The van der Waals surface area contributed by atoms with Gasteiger partial charge in [-0.25, -0.2) is 14.3 Å². The average Bonchev–Trinajstić information content (AvgIpc) is 2.62. The van der Waals surface area contributed by atoms with Gasteiger partial charge in [0.15, 0.2) is 5.82 Å². The first-order chi connectivity index (χ1) is 12.9. The summed E-state index contributed by atoms with van der Waals surface area (Å²) in [5, 5.41) is 11.4. The van der Waals surface area contributed by atoms with Crippen molar-refractivity contribution in [3.8, 4) is 0 Å². The number of nitrogens with one attached hydrogen (secondary N) is 2. The molecule has 144 valence electrons. The first kappa shape index (κ1) is 20.5. The highest BCUT2D eigenvalue weighted by molar-refractivity contribution is 6.01. The van der Waals surface area contributed by atoms with Crippen molar-refractivity contribution in [2.24, 2.45) is 4.99 Å². The highest BCUT2D eigenvalue weighted by Gasteiger charge is 2.22. The molecular formula is C19H21F2N3O3. The van der Waals surface area contributed by atoms with Gasteiger partial charge in [0.05, 0.1) is 30.2 Å². The SMILES string of the molecule is CC=Nc1c(C)cc(C(=O)NOCCO)c(Nc2ccc(C)cc2F)c1F. The predicted molar refractivity (Wildman–Crippen MR) is 99.9 cm³/mol. The van der Waals surface area contributed by atoms with E-state index >= 15 is 4.39 Å². The van der Waals surface area contributed by atoms with Crippen LogP contribution in [-0.2, 0) is 4.84 Å². The zero-order valence-corrected chi connectivity index (χ0v) is 15.3. The molecule has 0 radical (unpaired) electrons. The Morgan fingerprint density at radius 2 is 2.04 bits per heavy atom. The molecule has 0 saturated heterocycles. The number of nitrogens with zero attached hydrogens (tertiary/aromatic N) is 1. The highest BCUT2D eigenvalue weighted by atomic mass is 19.1. The van der Waals surface area contributed by atoms with E-state index in [-0.39, 0.29) is 35.8 Å². The molecule has 0 bridgehead atoms. The maximum atomic E-state index is 15.1. The summed E-state index contributed by atoms with van der Waals surface area (Å²) in [6, 6.07) is 5.84. The summed E-state index contributed by atoms with van der Waals surface area (Å²) in [4.78, 5) is 21.2. The summed E-state index contributed by atoms with van der Waals surface area (Å²) < 4.78 is 29.3. The Bertz CT molecular complexity index is 870. The molecule has 6 nitrogen and oxygen atoms in total. The van der Waals surface area contributed by atoms with Gasteiger partial charge >= 0.3 is 0 Å². The van der Waals surface area contributed by atoms with Crippen LogP contribution in [0.5, 0.6) is 0 Å². The molecule has 2 aromatic rings. The average molecular weight is 377 g/mol. The maximum Gasteiger partial charge on any atom is 0.277 e. The minimum absolute atomic E-state index is 0.0140. The molecule has 3 N–H and O–H groups in total. The minimum atomic E-state index is -0.791. The van der Waals surface area contributed by atoms with Crippen LogP contribution in [0.25, 0.3) is 0 Å². The van der Waals surface area contributed by atoms with E-state index in [0.717, 1.165) is 0 Å². The Kier molecular flexibility index (Phi) is 6.98. The number of hydrogen-bond acceptors (Lipinski definition) is 5. The van der Waals surface area contributed by atoms with Gasteiger partial charge in [0.25, 0.3) is 5.91 Å². The van der Waals surface area contributed by atoms with Crippen LogP contribution < -0.4 is 10.8 Å². The monoisotopic (exact) mass is 377 g/mol. The molecule has 27 heavy (non-hydrogen) atoms. The van der Waals surface area contributed by atoms with Crippen LogP contribution in [0.3, 0.4) is 0 Å². The van der Waals surface area contributed by atoms with E-state index in [1.807, 2.05) is 0 Å². The molecule has 2 rings (SSSR count). The number of aliphatic hydroxyl groups excluding tert-OH is 1. The largest absolute Gasteiger partial charge is 0.394 e. The quantitative estimate of drug-likeness (QED) is 0.390. The van der Waals surface area contributed by atoms with E-state index in [4.69, 9.17) is 9.94 Å². The number of aryl methyl sites for hydroxylation is 2. The fourth-order valence-electron chi connectivity index (χ4n) is 2.43. The number of aliphatic hydroxyl groups is 1. The van der Waals surface area contributed by atoms with Gasteiger partial charge in [-0.2, -0.15) is 0 Å². The second-order valence-electron chi connectivity index (χ2n) is 5.78. The first-order valence-electron chi connectivity index (χ1n) is 8.27. The number of amides is 1. The summed E-state index contributed by atoms with van der Waals surface area (Å²) in [6.07, 6.45) is 1.42. The van der Waals surface area contributed by atoms with Crippen molar-refractivity contribution in [3.05, 3.63) is 52.6 Å². The summed E-state index contributed by atoms with van der Waals surface area (Å²) >= 11 is 0. The van der Waals surface area contributed by atoms with Crippen molar-refractivity contribution in [2.45, 2.75) is 20.8 Å². The van der Waals surface area contributed by atoms with Crippen molar-refractivity contribution in [1.82, 2.24) is 5.48 Å². The number of carbonyl (C=O) groups excluding carboxylic acids is 1. The van der Waals surface area contributed by atoms with Gasteiger partial charge in [-0.3, -0.25) is 14.6 Å². The van der Waals surface area contributed by atoms with E-state index in [9.17, 15) is 9.18 Å². The summed E-state index contributed by atoms with van der Waals surface area (Å²) in [5.41, 5.74) is 2.99. The first-order valence-corrected chi connectivity index (χ1v) is 8.27. The number of hydroxylamine groups is 1. The normalized spacial score (nSPS) is 11.0. The number of halogens is 2. The molecule has 8 heteroatoms. The predicted octanol–water partition coefficient (Wildman–Crippen LogP) is 3.70. The van der Waals surface area contributed by atoms with Gasteiger partial charge in [-0.05, 0) is 50.1 Å². The van der Waals surface area contributed by atoms with Crippen LogP contribution >= 0.6 is 0 Å². The van der Waals surface area contributed by atoms with Crippen LogP contribution in [0.1, 0.15) is 28.4 Å². The highest BCUT2D eigenvalue weighted by Crippen LogP contribution is 2.35. The van der Waals surface area contributed by atoms with Crippen molar-refractivity contribution < 1.29 is 23.5 Å². The van der Waals surface area contributed by atoms with E-state index in [1.54, 1.807) is 26.8 Å². The molecule has 0 saturated carbocycles. The third-order valence-corrected chi connectivity index (χ3v) is 3.68. The van der Waals surface area contributed by atoms with Gasteiger partial charge in [0.1, 0.15) is 11.5 Å². The van der Waals surface area contributed by atoms with Gasteiger partial charge in [-0.1, -0.05) is 6.07 Å². The Labute approximate surface area is 155 Å². The summed E-state index contributed by atoms with van der Waals surface area (Å²) in [5.74, 6) is -2.12. The molecule has 0 heterocycles.